The van der Waals surface area contributed by atoms with E-state index >= 15 is 0 Å². The molecule has 18 heavy (non-hydrogen) atoms. The summed E-state index contributed by atoms with van der Waals surface area (Å²) in [5, 5.41) is 3.55. The second-order valence-electron chi connectivity index (χ2n) is 3.50. The van der Waals surface area contributed by atoms with Gasteiger partial charge in [-0.25, -0.2) is 8.42 Å². The number of nitrogens with zero attached hydrogens (tertiary/aromatic N) is 1. The smallest absolute Gasteiger partial charge is 0.263 e. The van der Waals surface area contributed by atoms with Gasteiger partial charge in [0.25, 0.3) is 10.0 Å². The van der Waals surface area contributed by atoms with Crippen molar-refractivity contribution in [1.82, 2.24) is 5.16 Å². The van der Waals surface area contributed by atoms with E-state index in [0.717, 1.165) is 0 Å². The van der Waals surface area contributed by atoms with Crippen molar-refractivity contribution >= 4 is 51.1 Å². The zero-order valence-electron chi connectivity index (χ0n) is 10.0. The summed E-state index contributed by atoms with van der Waals surface area (Å²) in [7, 11) is -3.64. The number of nitrogens with two attached hydrogens (primary N) is 1. The molecule has 0 aliphatic carbocycles. The fourth-order valence-corrected chi connectivity index (χ4v) is 2.24. The summed E-state index contributed by atoms with van der Waals surface area (Å²) in [4.78, 5) is 0.118. The maximum atomic E-state index is 11.9. The minimum atomic E-state index is -3.64. The van der Waals surface area contributed by atoms with Gasteiger partial charge < -0.3 is 10.3 Å². The molecule has 0 aliphatic heterocycles. The van der Waals surface area contributed by atoms with Crippen molar-refractivity contribution < 1.29 is 12.9 Å². The van der Waals surface area contributed by atoms with Crippen LogP contribution in [0.2, 0.25) is 0 Å². The summed E-state index contributed by atoms with van der Waals surface area (Å²) in [6.45, 7) is 1.67. The summed E-state index contributed by atoms with van der Waals surface area (Å²) in [5.41, 5.74) is 5.98. The first-order chi connectivity index (χ1) is 7.97. The predicted molar refractivity (Wildman–Crippen MR) is 68.7 cm³/mol. The molecule has 0 saturated heterocycles. The first-order valence-corrected chi connectivity index (χ1v) is 6.27. The number of anilines is 2. The Morgan fingerprint density at radius 3 is 2.39 bits per heavy atom. The number of hydrogen-bond donors (Lipinski definition) is 2. The zero-order valence-corrected chi connectivity index (χ0v) is 12.9. The van der Waals surface area contributed by atoms with E-state index in [9.17, 15) is 8.42 Å². The van der Waals surface area contributed by atoms with Crippen LogP contribution >= 0.6 is 0 Å². The van der Waals surface area contributed by atoms with Crippen molar-refractivity contribution in [1.29, 1.82) is 0 Å². The Morgan fingerprint density at radius 1 is 1.28 bits per heavy atom. The SMILES string of the molecule is Cc1cc(NS(=O)(=O)c2ccc(N)cc2)no1.[Na]. The molecule has 0 atom stereocenters. The normalized spacial score (nSPS) is 10.7. The topological polar surface area (TPSA) is 98.2 Å². The molecule has 91 valence electrons. The molecule has 3 N–H and O–H groups in total. The van der Waals surface area contributed by atoms with Crippen molar-refractivity contribution in [2.75, 3.05) is 10.5 Å². The molecule has 2 aromatic rings. The molecule has 1 heterocycles. The van der Waals surface area contributed by atoms with E-state index < -0.39 is 10.0 Å². The van der Waals surface area contributed by atoms with Gasteiger partial charge in [-0.05, 0) is 31.2 Å². The van der Waals surface area contributed by atoms with Crippen LogP contribution in [0.3, 0.4) is 0 Å². The van der Waals surface area contributed by atoms with Gasteiger partial charge in [0.05, 0.1) is 4.90 Å². The molecular formula is C10H11N3NaO3S. The predicted octanol–water partition coefficient (Wildman–Crippen LogP) is 0.985. The van der Waals surface area contributed by atoms with Crippen LogP contribution in [-0.2, 0) is 10.0 Å². The van der Waals surface area contributed by atoms with Crippen LogP contribution in [0.25, 0.3) is 0 Å². The van der Waals surface area contributed by atoms with Crippen LogP contribution < -0.4 is 10.5 Å². The molecule has 0 amide bonds. The summed E-state index contributed by atoms with van der Waals surface area (Å²) in [5.74, 6) is 0.680. The van der Waals surface area contributed by atoms with E-state index in [-0.39, 0.29) is 40.3 Å². The average Bonchev–Trinajstić information content (AvgIpc) is 2.63. The molecule has 1 aromatic heterocycles. The van der Waals surface area contributed by atoms with Crippen LogP contribution in [0.4, 0.5) is 11.5 Å². The third-order valence-corrected chi connectivity index (χ3v) is 3.43. The minimum Gasteiger partial charge on any atom is -0.399 e. The second-order valence-corrected chi connectivity index (χ2v) is 5.18. The van der Waals surface area contributed by atoms with Crippen molar-refractivity contribution in [2.24, 2.45) is 0 Å². The molecule has 0 aliphatic rings. The van der Waals surface area contributed by atoms with Crippen molar-refractivity contribution in [3.63, 3.8) is 0 Å². The fraction of sp³-hybridized carbons (Fsp3) is 0.100. The largest absolute Gasteiger partial charge is 0.399 e. The van der Waals surface area contributed by atoms with Gasteiger partial charge in [-0.1, -0.05) is 5.16 Å². The maximum absolute atomic E-state index is 11.9. The van der Waals surface area contributed by atoms with Gasteiger partial charge in [0.1, 0.15) is 5.76 Å². The molecule has 8 heteroatoms. The Balaban J connectivity index is 0.00000162. The molecule has 0 bridgehead atoms. The quantitative estimate of drug-likeness (QED) is 0.643. The van der Waals surface area contributed by atoms with E-state index in [1.54, 1.807) is 6.92 Å². The second kappa shape index (κ2) is 5.75. The summed E-state index contributed by atoms with van der Waals surface area (Å²) in [6.07, 6.45) is 0. The number of aryl methyl sites for hydroxylation is 1. The number of nitrogen functional groups attached to an aromatic ring is 1. The van der Waals surface area contributed by atoms with E-state index in [0.29, 0.717) is 11.4 Å². The van der Waals surface area contributed by atoms with Crippen molar-refractivity contribution in [3.8, 4) is 0 Å². The third kappa shape index (κ3) is 3.49. The molecular weight excluding hydrogens is 265 g/mol. The Morgan fingerprint density at radius 2 is 1.89 bits per heavy atom. The third-order valence-electron chi connectivity index (χ3n) is 2.06. The Kier molecular flexibility index (Phi) is 4.80. The van der Waals surface area contributed by atoms with Crippen LogP contribution in [0.5, 0.6) is 0 Å². The van der Waals surface area contributed by atoms with Gasteiger partial charge in [0.2, 0.25) is 0 Å². The number of aromatic nitrogens is 1. The molecule has 2 rings (SSSR count). The molecule has 1 aromatic carbocycles. The Labute approximate surface area is 127 Å². The zero-order chi connectivity index (χ0) is 12.5. The first kappa shape index (κ1) is 15.0. The summed E-state index contributed by atoms with van der Waals surface area (Å²) < 4.78 is 30.8. The van der Waals surface area contributed by atoms with Crippen LogP contribution in [0.1, 0.15) is 5.76 Å². The van der Waals surface area contributed by atoms with E-state index in [4.69, 9.17) is 10.3 Å². The molecule has 1 radical (unpaired) electrons. The fourth-order valence-electron chi connectivity index (χ4n) is 1.26. The van der Waals surface area contributed by atoms with Crippen molar-refractivity contribution in [3.05, 3.63) is 36.1 Å². The van der Waals surface area contributed by atoms with Gasteiger partial charge in [0.15, 0.2) is 5.82 Å². The van der Waals surface area contributed by atoms with Crippen molar-refractivity contribution in [2.45, 2.75) is 11.8 Å². The molecule has 6 nitrogen and oxygen atoms in total. The average molecular weight is 276 g/mol. The number of rotatable bonds is 3. The molecule has 0 fully saturated rings. The van der Waals surface area contributed by atoms with E-state index in [1.165, 1.54) is 30.3 Å². The maximum Gasteiger partial charge on any atom is 0.263 e. The van der Waals surface area contributed by atoms with Gasteiger partial charge >= 0.3 is 0 Å². The molecule has 0 spiro atoms. The van der Waals surface area contributed by atoms with Crippen LogP contribution in [-0.4, -0.2) is 43.1 Å². The first-order valence-electron chi connectivity index (χ1n) is 4.79. The van der Waals surface area contributed by atoms with E-state index in [2.05, 4.69) is 9.88 Å². The standard InChI is InChI=1S/C10H11N3O3S.Na/c1-7-6-10(12-16-7)13-17(14,15)9-4-2-8(11)3-5-9;/h2-6H,11H2,1H3,(H,12,13);. The monoisotopic (exact) mass is 276 g/mol. The van der Waals surface area contributed by atoms with Gasteiger partial charge in [-0.3, -0.25) is 4.72 Å². The number of benzene rings is 1. The number of sulfonamides is 1. The van der Waals surface area contributed by atoms with Crippen LogP contribution in [0, 0.1) is 6.92 Å². The molecule has 0 saturated carbocycles. The Hall–Kier alpha value is -1.02. The number of hydrogen-bond acceptors (Lipinski definition) is 5. The minimum absolute atomic E-state index is 0. The Bertz CT molecular complexity index is 622. The summed E-state index contributed by atoms with van der Waals surface area (Å²) >= 11 is 0. The van der Waals surface area contributed by atoms with E-state index in [1.807, 2.05) is 0 Å². The summed E-state index contributed by atoms with van der Waals surface area (Å²) in [6, 6.07) is 7.37. The van der Waals surface area contributed by atoms with Gasteiger partial charge in [-0.15, -0.1) is 0 Å². The van der Waals surface area contributed by atoms with Crippen LogP contribution in [0.15, 0.2) is 39.8 Å². The van der Waals surface area contributed by atoms with Gasteiger partial charge in [-0.2, -0.15) is 0 Å². The molecule has 0 unspecified atom stereocenters. The number of nitrogens with one attached hydrogen (secondary N) is 1. The van der Waals surface area contributed by atoms with Gasteiger partial charge in [0, 0.05) is 41.3 Å².